The van der Waals surface area contributed by atoms with E-state index >= 15 is 0 Å². The minimum Gasteiger partial charge on any atom is -0.316 e. The Kier molecular flexibility index (Phi) is 4.18. The van der Waals surface area contributed by atoms with Gasteiger partial charge in [-0.2, -0.15) is 0 Å². The summed E-state index contributed by atoms with van der Waals surface area (Å²) < 4.78 is 1.10. The maximum atomic E-state index is 10.7. The molecular formula is C19H14N4OS. The fraction of sp³-hybridized carbons (Fsp3) is 0.0526. The second kappa shape index (κ2) is 6.78. The van der Waals surface area contributed by atoms with Crippen molar-refractivity contribution in [2.24, 2.45) is 0 Å². The van der Waals surface area contributed by atoms with E-state index in [1.54, 1.807) is 29.9 Å². The summed E-state index contributed by atoms with van der Waals surface area (Å²) in [6, 6.07) is 13.9. The van der Waals surface area contributed by atoms with Crippen LogP contribution in [0.3, 0.4) is 0 Å². The van der Waals surface area contributed by atoms with Gasteiger partial charge >= 0.3 is 0 Å². The number of carbonyl (C=O) groups excluding carboxylic acids is 1. The summed E-state index contributed by atoms with van der Waals surface area (Å²) in [6.45, 7) is 0. The van der Waals surface area contributed by atoms with E-state index in [0.29, 0.717) is 12.2 Å². The van der Waals surface area contributed by atoms with Crippen molar-refractivity contribution in [1.29, 1.82) is 0 Å². The van der Waals surface area contributed by atoms with Crippen LogP contribution >= 0.6 is 11.3 Å². The van der Waals surface area contributed by atoms with Crippen molar-refractivity contribution in [2.75, 3.05) is 5.32 Å². The van der Waals surface area contributed by atoms with Gasteiger partial charge in [-0.15, -0.1) is 0 Å². The Morgan fingerprint density at radius 2 is 1.88 bits per heavy atom. The first-order valence-corrected chi connectivity index (χ1v) is 8.60. The monoisotopic (exact) mass is 346 g/mol. The molecule has 1 N–H and O–H groups in total. The molecule has 0 spiro atoms. The van der Waals surface area contributed by atoms with Crippen LogP contribution in [0.15, 0.2) is 61.1 Å². The van der Waals surface area contributed by atoms with Crippen LogP contribution in [0, 0.1) is 0 Å². The zero-order valence-corrected chi connectivity index (χ0v) is 14.0. The second-order valence-electron chi connectivity index (χ2n) is 5.48. The van der Waals surface area contributed by atoms with Crippen molar-refractivity contribution >= 4 is 38.8 Å². The first-order chi connectivity index (χ1) is 12.3. The fourth-order valence-electron chi connectivity index (χ4n) is 2.58. The summed E-state index contributed by atoms with van der Waals surface area (Å²) in [4.78, 5) is 23.6. The summed E-state index contributed by atoms with van der Waals surface area (Å²) >= 11 is 1.57. The van der Waals surface area contributed by atoms with Crippen molar-refractivity contribution in [3.8, 4) is 11.1 Å². The molecule has 6 heteroatoms. The molecule has 0 amide bonds. The topological polar surface area (TPSA) is 67.8 Å². The zero-order valence-electron chi connectivity index (χ0n) is 13.2. The van der Waals surface area contributed by atoms with E-state index in [1.165, 1.54) is 0 Å². The average molecular weight is 346 g/mol. The van der Waals surface area contributed by atoms with E-state index in [0.717, 1.165) is 38.3 Å². The Hall–Kier alpha value is -3.12. The van der Waals surface area contributed by atoms with Crippen molar-refractivity contribution in [1.82, 2.24) is 15.0 Å². The molecule has 3 aromatic heterocycles. The van der Waals surface area contributed by atoms with Gasteiger partial charge in [0, 0.05) is 25.0 Å². The molecule has 0 fully saturated rings. The van der Waals surface area contributed by atoms with Crippen molar-refractivity contribution < 1.29 is 4.79 Å². The van der Waals surface area contributed by atoms with Gasteiger partial charge in [0.15, 0.2) is 5.13 Å². The van der Waals surface area contributed by atoms with E-state index in [4.69, 9.17) is 0 Å². The summed E-state index contributed by atoms with van der Waals surface area (Å²) in [6.07, 6.45) is 6.54. The van der Waals surface area contributed by atoms with E-state index in [1.807, 2.05) is 30.3 Å². The number of hydrogen-bond acceptors (Lipinski definition) is 6. The number of aromatic nitrogens is 3. The number of carbonyl (C=O) groups is 1. The maximum absolute atomic E-state index is 10.7. The van der Waals surface area contributed by atoms with Gasteiger partial charge in [0.1, 0.15) is 12.1 Å². The second-order valence-corrected chi connectivity index (χ2v) is 6.51. The Morgan fingerprint density at radius 1 is 1.00 bits per heavy atom. The third-order valence-electron chi connectivity index (χ3n) is 3.78. The van der Waals surface area contributed by atoms with Crippen molar-refractivity contribution in [3.05, 3.63) is 66.6 Å². The minimum absolute atomic E-state index is 0.381. The standard InChI is InChI=1S/C19H14N4OS/c24-10-6-13-3-9-21-18(11-13)23-19-22-16-2-1-15(12-17(16)25-19)14-4-7-20-8-5-14/h1-5,7-12H,6H2,(H,21,22,23). The molecule has 0 aliphatic heterocycles. The Bertz CT molecular complexity index is 1030. The minimum atomic E-state index is 0.381. The Labute approximate surface area is 148 Å². The van der Waals surface area contributed by atoms with Gasteiger partial charge in [-0.05, 0) is 53.1 Å². The van der Waals surface area contributed by atoms with Crippen LogP contribution in [0.1, 0.15) is 5.56 Å². The van der Waals surface area contributed by atoms with Crippen LogP contribution in [0.5, 0.6) is 0 Å². The van der Waals surface area contributed by atoms with E-state index in [2.05, 4.69) is 32.4 Å². The summed E-state index contributed by atoms with van der Waals surface area (Å²) in [5.74, 6) is 0.688. The van der Waals surface area contributed by atoms with Gasteiger partial charge < -0.3 is 10.1 Å². The number of nitrogens with one attached hydrogen (secondary N) is 1. The smallest absolute Gasteiger partial charge is 0.189 e. The normalized spacial score (nSPS) is 10.7. The number of benzene rings is 1. The van der Waals surface area contributed by atoms with Crippen LogP contribution in [0.25, 0.3) is 21.3 Å². The lowest BCUT2D eigenvalue weighted by atomic mass is 10.1. The predicted molar refractivity (Wildman–Crippen MR) is 100 cm³/mol. The quantitative estimate of drug-likeness (QED) is 0.548. The molecule has 0 unspecified atom stereocenters. The summed E-state index contributed by atoms with van der Waals surface area (Å²) in [5.41, 5.74) is 4.13. The van der Waals surface area contributed by atoms with Crippen LogP contribution < -0.4 is 5.32 Å². The number of nitrogens with zero attached hydrogens (tertiary/aromatic N) is 3. The molecule has 0 saturated heterocycles. The van der Waals surface area contributed by atoms with Crippen LogP contribution in [-0.4, -0.2) is 21.2 Å². The van der Waals surface area contributed by atoms with Gasteiger partial charge in [-0.25, -0.2) is 9.97 Å². The number of anilines is 2. The molecule has 3 heterocycles. The van der Waals surface area contributed by atoms with E-state index in [-0.39, 0.29) is 0 Å². The van der Waals surface area contributed by atoms with Gasteiger partial charge in [-0.3, -0.25) is 4.98 Å². The number of pyridine rings is 2. The Balaban J connectivity index is 1.63. The number of fused-ring (bicyclic) bond motifs is 1. The SMILES string of the molecule is O=CCc1ccnc(Nc2nc3ccc(-c4ccncc4)cc3s2)c1. The third kappa shape index (κ3) is 3.39. The lowest BCUT2D eigenvalue weighted by Gasteiger charge is -2.02. The zero-order chi connectivity index (χ0) is 17.1. The fourth-order valence-corrected chi connectivity index (χ4v) is 3.49. The summed E-state index contributed by atoms with van der Waals surface area (Å²) in [7, 11) is 0. The van der Waals surface area contributed by atoms with Gasteiger partial charge in [0.25, 0.3) is 0 Å². The molecule has 0 bridgehead atoms. The molecule has 5 nitrogen and oxygen atoms in total. The van der Waals surface area contributed by atoms with Crippen molar-refractivity contribution in [3.63, 3.8) is 0 Å². The van der Waals surface area contributed by atoms with E-state index in [9.17, 15) is 4.79 Å². The number of hydrogen-bond donors (Lipinski definition) is 1. The lowest BCUT2D eigenvalue weighted by molar-refractivity contribution is -0.107. The molecular weight excluding hydrogens is 332 g/mol. The summed E-state index contributed by atoms with van der Waals surface area (Å²) in [5, 5.41) is 4.00. The Morgan fingerprint density at radius 3 is 2.72 bits per heavy atom. The number of thiazole rings is 1. The molecule has 25 heavy (non-hydrogen) atoms. The van der Waals surface area contributed by atoms with Crippen LogP contribution in [0.2, 0.25) is 0 Å². The molecule has 122 valence electrons. The molecule has 1 aromatic carbocycles. The first kappa shape index (κ1) is 15.4. The maximum Gasteiger partial charge on any atom is 0.189 e. The number of aldehydes is 1. The molecule has 4 rings (SSSR count). The van der Waals surface area contributed by atoms with Crippen LogP contribution in [-0.2, 0) is 11.2 Å². The van der Waals surface area contributed by atoms with Crippen molar-refractivity contribution in [2.45, 2.75) is 6.42 Å². The van der Waals surface area contributed by atoms with Gasteiger partial charge in [-0.1, -0.05) is 17.4 Å². The molecule has 4 aromatic rings. The molecule has 0 radical (unpaired) electrons. The molecule has 0 aliphatic rings. The first-order valence-electron chi connectivity index (χ1n) is 7.78. The lowest BCUT2D eigenvalue weighted by Crippen LogP contribution is -1.94. The van der Waals surface area contributed by atoms with Gasteiger partial charge in [0.2, 0.25) is 0 Å². The third-order valence-corrected chi connectivity index (χ3v) is 4.71. The molecule has 0 aliphatic carbocycles. The van der Waals surface area contributed by atoms with Crippen LogP contribution in [0.4, 0.5) is 10.9 Å². The number of rotatable bonds is 5. The molecule has 0 saturated carbocycles. The highest BCUT2D eigenvalue weighted by molar-refractivity contribution is 7.22. The average Bonchev–Trinajstić information content (AvgIpc) is 3.04. The van der Waals surface area contributed by atoms with E-state index < -0.39 is 0 Å². The highest BCUT2D eigenvalue weighted by Crippen LogP contribution is 2.31. The largest absolute Gasteiger partial charge is 0.316 e. The highest BCUT2D eigenvalue weighted by atomic mass is 32.1. The van der Waals surface area contributed by atoms with Gasteiger partial charge in [0.05, 0.1) is 10.2 Å². The predicted octanol–water partition coefficient (Wildman–Crippen LogP) is 4.24. The molecule has 0 atom stereocenters. The highest BCUT2D eigenvalue weighted by Gasteiger charge is 2.07.